The number of carboxylic acid groups (broad SMARTS) is 1. The summed E-state index contributed by atoms with van der Waals surface area (Å²) in [5.74, 6) is -2.50. The van der Waals surface area contributed by atoms with Crippen molar-refractivity contribution in [2.24, 2.45) is 0 Å². The normalized spacial score (nSPS) is 9.54. The number of carbonyl (C=O) groups excluding carboxylic acids is 1. The fourth-order valence-electron chi connectivity index (χ4n) is 0.712. The maximum atomic E-state index is 10.5. The number of nitrogens with one attached hydrogen (secondary N) is 1. The van der Waals surface area contributed by atoms with Crippen molar-refractivity contribution < 1.29 is 14.7 Å². The number of amides is 1. The molecule has 7 heteroatoms. The molecule has 0 saturated heterocycles. The number of hydrogen-bond acceptors (Lipinski definition) is 4. The Labute approximate surface area is 73.4 Å². The summed E-state index contributed by atoms with van der Waals surface area (Å²) in [6.45, 7) is 0.619. The van der Waals surface area contributed by atoms with Crippen molar-refractivity contribution in [3.05, 3.63) is 12.4 Å². The molecule has 1 aromatic heterocycles. The van der Waals surface area contributed by atoms with Crippen LogP contribution in [0.2, 0.25) is 0 Å². The van der Waals surface area contributed by atoms with Crippen LogP contribution in [0.5, 0.6) is 0 Å². The molecule has 0 saturated carbocycles. The molecule has 0 radical (unpaired) electrons. The lowest BCUT2D eigenvalue weighted by atomic mass is 10.5. The van der Waals surface area contributed by atoms with Crippen LogP contribution in [0.15, 0.2) is 12.4 Å². The number of carboxylic acids is 1. The molecular formula is C6H8N4O3. The fourth-order valence-corrected chi connectivity index (χ4v) is 0.712. The van der Waals surface area contributed by atoms with E-state index in [1.54, 1.807) is 6.20 Å². The number of nitrogens with zero attached hydrogens (tertiary/aromatic N) is 3. The molecule has 1 heterocycles. The Morgan fingerprint density at radius 2 is 2.31 bits per heavy atom. The van der Waals surface area contributed by atoms with Crippen molar-refractivity contribution in [3.8, 4) is 0 Å². The highest BCUT2D eigenvalue weighted by Gasteiger charge is 2.08. The van der Waals surface area contributed by atoms with Gasteiger partial charge in [-0.3, -0.25) is 9.48 Å². The molecule has 13 heavy (non-hydrogen) atoms. The molecule has 0 unspecified atom stereocenters. The van der Waals surface area contributed by atoms with Crippen LogP contribution in [0.3, 0.4) is 0 Å². The SMILES string of the molecule is O=C(O)C(=O)NCCn1ccnn1. The van der Waals surface area contributed by atoms with E-state index in [0.717, 1.165) is 0 Å². The zero-order valence-electron chi connectivity index (χ0n) is 6.67. The first-order valence-corrected chi connectivity index (χ1v) is 3.55. The summed E-state index contributed by atoms with van der Waals surface area (Å²) < 4.78 is 1.49. The maximum Gasteiger partial charge on any atom is 0.394 e. The minimum absolute atomic E-state index is 0.217. The zero-order valence-corrected chi connectivity index (χ0v) is 6.67. The van der Waals surface area contributed by atoms with Gasteiger partial charge in [-0.15, -0.1) is 5.10 Å². The first kappa shape index (κ1) is 9.17. The van der Waals surface area contributed by atoms with Crippen LogP contribution < -0.4 is 5.32 Å². The quantitative estimate of drug-likeness (QED) is 0.556. The van der Waals surface area contributed by atoms with E-state index in [2.05, 4.69) is 15.6 Å². The van der Waals surface area contributed by atoms with E-state index >= 15 is 0 Å². The number of carbonyl (C=O) groups is 2. The molecule has 0 aliphatic heterocycles. The number of aliphatic carboxylic acids is 1. The highest BCUT2D eigenvalue weighted by molar-refractivity contribution is 6.31. The van der Waals surface area contributed by atoms with E-state index in [0.29, 0.717) is 6.54 Å². The minimum atomic E-state index is -1.49. The average Bonchev–Trinajstić information content (AvgIpc) is 2.56. The van der Waals surface area contributed by atoms with E-state index in [9.17, 15) is 9.59 Å². The molecule has 1 aromatic rings. The van der Waals surface area contributed by atoms with Gasteiger partial charge in [-0.2, -0.15) is 0 Å². The van der Waals surface area contributed by atoms with Gasteiger partial charge in [0.25, 0.3) is 0 Å². The van der Waals surface area contributed by atoms with E-state index in [1.807, 2.05) is 0 Å². The smallest absolute Gasteiger partial charge is 0.394 e. The van der Waals surface area contributed by atoms with Gasteiger partial charge in [0.15, 0.2) is 0 Å². The summed E-state index contributed by atoms with van der Waals surface area (Å²) in [4.78, 5) is 20.6. The Bertz CT molecular complexity index is 295. The molecule has 70 valence electrons. The molecule has 0 atom stereocenters. The summed E-state index contributed by atoms with van der Waals surface area (Å²) in [5.41, 5.74) is 0. The molecule has 1 rings (SSSR count). The third-order valence-corrected chi connectivity index (χ3v) is 1.29. The Balaban J connectivity index is 2.22. The summed E-state index contributed by atoms with van der Waals surface area (Å²) in [7, 11) is 0. The lowest BCUT2D eigenvalue weighted by molar-refractivity contribution is -0.150. The number of rotatable bonds is 3. The number of hydrogen-bond donors (Lipinski definition) is 2. The van der Waals surface area contributed by atoms with E-state index in [-0.39, 0.29) is 6.54 Å². The van der Waals surface area contributed by atoms with Crippen LogP contribution in [0.4, 0.5) is 0 Å². The highest BCUT2D eigenvalue weighted by Crippen LogP contribution is 1.78. The molecule has 0 bridgehead atoms. The molecule has 1 amide bonds. The summed E-state index contributed by atoms with van der Waals surface area (Å²) >= 11 is 0. The Hall–Kier alpha value is -1.92. The zero-order chi connectivity index (χ0) is 9.68. The van der Waals surface area contributed by atoms with Gasteiger partial charge in [0.05, 0.1) is 12.7 Å². The topological polar surface area (TPSA) is 97.1 Å². The standard InChI is InChI=1S/C6H8N4O3/c11-5(6(12)13)7-1-3-10-4-2-8-9-10/h2,4H,1,3H2,(H,7,11)(H,12,13). The maximum absolute atomic E-state index is 10.5. The van der Waals surface area contributed by atoms with Gasteiger partial charge in [-0.05, 0) is 0 Å². The van der Waals surface area contributed by atoms with Crippen LogP contribution in [0, 0.1) is 0 Å². The van der Waals surface area contributed by atoms with Gasteiger partial charge in [0, 0.05) is 12.7 Å². The second-order valence-electron chi connectivity index (χ2n) is 2.23. The average molecular weight is 184 g/mol. The molecule has 0 spiro atoms. The largest absolute Gasteiger partial charge is 0.474 e. The van der Waals surface area contributed by atoms with E-state index < -0.39 is 11.9 Å². The van der Waals surface area contributed by atoms with Gasteiger partial charge in [0.2, 0.25) is 0 Å². The molecule has 0 aliphatic carbocycles. The van der Waals surface area contributed by atoms with Crippen LogP contribution in [0.1, 0.15) is 0 Å². The van der Waals surface area contributed by atoms with E-state index in [4.69, 9.17) is 5.11 Å². The van der Waals surface area contributed by atoms with Crippen molar-refractivity contribution in [3.63, 3.8) is 0 Å². The van der Waals surface area contributed by atoms with Crippen molar-refractivity contribution in [1.29, 1.82) is 0 Å². The van der Waals surface area contributed by atoms with Gasteiger partial charge < -0.3 is 10.4 Å². The molecular weight excluding hydrogens is 176 g/mol. The fraction of sp³-hybridized carbons (Fsp3) is 0.333. The Morgan fingerprint density at radius 3 is 2.85 bits per heavy atom. The summed E-state index contributed by atoms with van der Waals surface area (Å²) in [6, 6.07) is 0. The molecule has 7 nitrogen and oxygen atoms in total. The molecule has 0 fully saturated rings. The van der Waals surface area contributed by atoms with Gasteiger partial charge in [-0.25, -0.2) is 4.79 Å². The second kappa shape index (κ2) is 4.19. The lowest BCUT2D eigenvalue weighted by Crippen LogP contribution is -2.33. The third-order valence-electron chi connectivity index (χ3n) is 1.29. The lowest BCUT2D eigenvalue weighted by Gasteiger charge is -2.00. The van der Waals surface area contributed by atoms with E-state index in [1.165, 1.54) is 10.9 Å². The third kappa shape index (κ3) is 2.89. The first-order chi connectivity index (χ1) is 6.20. The van der Waals surface area contributed by atoms with Crippen LogP contribution in [0.25, 0.3) is 0 Å². The molecule has 0 aliphatic rings. The Morgan fingerprint density at radius 1 is 1.54 bits per heavy atom. The molecule has 0 aromatic carbocycles. The number of aromatic nitrogens is 3. The predicted octanol–water partition coefficient (Wildman–Crippen LogP) is -1.52. The molecule has 2 N–H and O–H groups in total. The van der Waals surface area contributed by atoms with Gasteiger partial charge in [-0.1, -0.05) is 5.21 Å². The monoisotopic (exact) mass is 184 g/mol. The van der Waals surface area contributed by atoms with Crippen molar-refractivity contribution in [1.82, 2.24) is 20.3 Å². The van der Waals surface area contributed by atoms with Crippen LogP contribution >= 0.6 is 0 Å². The van der Waals surface area contributed by atoms with Gasteiger partial charge in [0.1, 0.15) is 0 Å². The second-order valence-corrected chi connectivity index (χ2v) is 2.23. The highest BCUT2D eigenvalue weighted by atomic mass is 16.4. The van der Waals surface area contributed by atoms with Gasteiger partial charge >= 0.3 is 11.9 Å². The van der Waals surface area contributed by atoms with Crippen molar-refractivity contribution in [2.45, 2.75) is 6.54 Å². The van der Waals surface area contributed by atoms with Crippen molar-refractivity contribution >= 4 is 11.9 Å². The minimum Gasteiger partial charge on any atom is -0.474 e. The van der Waals surface area contributed by atoms with Crippen LogP contribution in [-0.2, 0) is 16.1 Å². The predicted molar refractivity (Wildman–Crippen MR) is 40.7 cm³/mol. The summed E-state index contributed by atoms with van der Waals surface area (Å²) in [6.07, 6.45) is 3.12. The first-order valence-electron chi connectivity index (χ1n) is 3.55. The summed E-state index contributed by atoms with van der Waals surface area (Å²) in [5, 5.41) is 17.6. The van der Waals surface area contributed by atoms with Crippen LogP contribution in [-0.4, -0.2) is 38.5 Å². The van der Waals surface area contributed by atoms with Crippen molar-refractivity contribution in [2.75, 3.05) is 6.54 Å². The Kier molecular flexibility index (Phi) is 2.96.